The van der Waals surface area contributed by atoms with E-state index in [4.69, 9.17) is 11.6 Å². The third-order valence-corrected chi connectivity index (χ3v) is 4.53. The smallest absolute Gasteiger partial charge is 0.224 e. The largest absolute Gasteiger partial charge is 0.326 e. The first kappa shape index (κ1) is 18.5. The van der Waals surface area contributed by atoms with Crippen molar-refractivity contribution in [3.8, 4) is 0 Å². The van der Waals surface area contributed by atoms with Gasteiger partial charge >= 0.3 is 0 Å². The molecule has 0 unspecified atom stereocenters. The number of benzene rings is 1. The lowest BCUT2D eigenvalue weighted by atomic mass is 10.1. The Labute approximate surface area is 149 Å². The average molecular weight is 348 g/mol. The topological polar surface area (TPSA) is 46.9 Å². The number of aryl methyl sites for hydroxylation is 2. The van der Waals surface area contributed by atoms with Gasteiger partial charge in [0.15, 0.2) is 0 Å². The molecule has 1 aromatic heterocycles. The van der Waals surface area contributed by atoms with Crippen molar-refractivity contribution in [3.05, 3.63) is 45.7 Å². The summed E-state index contributed by atoms with van der Waals surface area (Å²) in [5.74, 6) is 0.538. The van der Waals surface area contributed by atoms with E-state index in [2.05, 4.69) is 31.2 Å². The summed E-state index contributed by atoms with van der Waals surface area (Å²) in [4.78, 5) is 12.2. The van der Waals surface area contributed by atoms with E-state index in [-0.39, 0.29) is 5.91 Å². The monoisotopic (exact) mass is 347 g/mol. The molecule has 2 aromatic rings. The first-order chi connectivity index (χ1) is 11.3. The van der Waals surface area contributed by atoms with Gasteiger partial charge in [0.1, 0.15) is 0 Å². The summed E-state index contributed by atoms with van der Waals surface area (Å²) in [5.41, 5.74) is 5.08. The molecular weight excluding hydrogens is 322 g/mol. The summed E-state index contributed by atoms with van der Waals surface area (Å²) in [6, 6.07) is 5.56. The highest BCUT2D eigenvalue weighted by molar-refractivity contribution is 6.31. The molecule has 24 heavy (non-hydrogen) atoms. The van der Waals surface area contributed by atoms with Crippen molar-refractivity contribution in [2.24, 2.45) is 5.92 Å². The molecule has 0 bridgehead atoms. The number of carbonyl (C=O) groups is 1. The number of nitrogens with zero attached hydrogens (tertiary/aromatic N) is 2. The summed E-state index contributed by atoms with van der Waals surface area (Å²) in [6.07, 6.45) is 1.13. The molecule has 2 rings (SSSR count). The van der Waals surface area contributed by atoms with Gasteiger partial charge in [-0.25, -0.2) is 0 Å². The van der Waals surface area contributed by atoms with Crippen LogP contribution in [0.4, 0.5) is 5.69 Å². The summed E-state index contributed by atoms with van der Waals surface area (Å²) >= 11 is 6.09. The number of halogens is 1. The minimum Gasteiger partial charge on any atom is -0.326 e. The number of nitrogens with one attached hydrogen (secondary N) is 1. The number of anilines is 1. The Hall–Kier alpha value is -1.81. The number of hydrogen-bond donors (Lipinski definition) is 1. The molecule has 0 aliphatic rings. The van der Waals surface area contributed by atoms with Crippen molar-refractivity contribution in [2.45, 2.75) is 54.0 Å². The van der Waals surface area contributed by atoms with Crippen molar-refractivity contribution in [1.29, 1.82) is 0 Å². The second-order valence-electron chi connectivity index (χ2n) is 6.74. The zero-order chi connectivity index (χ0) is 17.9. The SMILES string of the molecule is Cc1ccc(NC(=O)CCc2c(C)nn(CC(C)C)c2C)cc1Cl. The Kier molecular flexibility index (Phi) is 6.05. The van der Waals surface area contributed by atoms with Crippen molar-refractivity contribution in [2.75, 3.05) is 5.32 Å². The van der Waals surface area contributed by atoms with Crippen molar-refractivity contribution in [1.82, 2.24) is 9.78 Å². The molecule has 1 aromatic carbocycles. The standard InChI is InChI=1S/C19H26ClN3O/c1-12(2)11-23-15(5)17(14(4)22-23)8-9-19(24)21-16-7-6-13(3)18(20)10-16/h6-7,10,12H,8-9,11H2,1-5H3,(H,21,24). The Morgan fingerprint density at radius 2 is 2.00 bits per heavy atom. The first-order valence-electron chi connectivity index (χ1n) is 8.36. The number of rotatable bonds is 6. The maximum absolute atomic E-state index is 12.2. The van der Waals surface area contributed by atoms with Gasteiger partial charge in [-0.2, -0.15) is 5.10 Å². The second-order valence-corrected chi connectivity index (χ2v) is 7.14. The Balaban J connectivity index is 1.98. The van der Waals surface area contributed by atoms with Gasteiger partial charge in [-0.1, -0.05) is 31.5 Å². The van der Waals surface area contributed by atoms with Crippen molar-refractivity contribution >= 4 is 23.2 Å². The fourth-order valence-corrected chi connectivity index (χ4v) is 2.93. The lowest BCUT2D eigenvalue weighted by molar-refractivity contribution is -0.116. The van der Waals surface area contributed by atoms with Gasteiger partial charge in [0.25, 0.3) is 0 Å². The lowest BCUT2D eigenvalue weighted by Crippen LogP contribution is -2.13. The molecular formula is C19H26ClN3O. The van der Waals surface area contributed by atoms with Crippen LogP contribution in [0.25, 0.3) is 0 Å². The van der Waals surface area contributed by atoms with Gasteiger partial charge in [-0.15, -0.1) is 0 Å². The van der Waals surface area contributed by atoms with Gasteiger partial charge in [0, 0.05) is 29.4 Å². The van der Waals surface area contributed by atoms with Gasteiger partial charge in [0.2, 0.25) is 5.91 Å². The van der Waals surface area contributed by atoms with Gasteiger partial charge in [-0.3, -0.25) is 9.48 Å². The number of hydrogen-bond acceptors (Lipinski definition) is 2. The molecule has 0 aliphatic heterocycles. The van der Waals surface area contributed by atoms with E-state index < -0.39 is 0 Å². The molecule has 0 spiro atoms. The van der Waals surface area contributed by atoms with E-state index in [0.717, 1.165) is 29.2 Å². The lowest BCUT2D eigenvalue weighted by Gasteiger charge is -2.09. The molecule has 4 nitrogen and oxygen atoms in total. The maximum Gasteiger partial charge on any atom is 0.224 e. The first-order valence-corrected chi connectivity index (χ1v) is 8.74. The number of carbonyl (C=O) groups excluding carboxylic acids is 1. The molecule has 0 saturated heterocycles. The average Bonchev–Trinajstić information content (AvgIpc) is 2.74. The molecule has 0 radical (unpaired) electrons. The van der Waals surface area contributed by atoms with Crippen LogP contribution >= 0.6 is 11.6 Å². The quantitative estimate of drug-likeness (QED) is 0.824. The fraction of sp³-hybridized carbons (Fsp3) is 0.474. The normalized spacial score (nSPS) is 11.1. The van der Waals surface area contributed by atoms with Crippen LogP contribution < -0.4 is 5.32 Å². The van der Waals surface area contributed by atoms with Crippen LogP contribution in [-0.2, 0) is 17.8 Å². The predicted molar refractivity (Wildman–Crippen MR) is 99.7 cm³/mol. The van der Waals surface area contributed by atoms with E-state index >= 15 is 0 Å². The van der Waals surface area contributed by atoms with Crippen LogP contribution in [0, 0.1) is 26.7 Å². The second kappa shape index (κ2) is 7.84. The van der Waals surface area contributed by atoms with Crippen molar-refractivity contribution < 1.29 is 4.79 Å². The molecule has 0 fully saturated rings. The molecule has 0 saturated carbocycles. The van der Waals surface area contributed by atoms with Crippen LogP contribution in [0.5, 0.6) is 0 Å². The van der Waals surface area contributed by atoms with Gasteiger partial charge < -0.3 is 5.32 Å². The molecule has 0 aliphatic carbocycles. The molecule has 5 heteroatoms. The highest BCUT2D eigenvalue weighted by Crippen LogP contribution is 2.21. The predicted octanol–water partition coefficient (Wildman–Crippen LogP) is 4.69. The summed E-state index contributed by atoms with van der Waals surface area (Å²) in [5, 5.41) is 8.17. The van der Waals surface area contributed by atoms with Gasteiger partial charge in [0.05, 0.1) is 5.69 Å². The van der Waals surface area contributed by atoms with Crippen LogP contribution in [0.3, 0.4) is 0 Å². The summed E-state index contributed by atoms with van der Waals surface area (Å²) < 4.78 is 2.05. The van der Waals surface area contributed by atoms with Crippen LogP contribution in [0.15, 0.2) is 18.2 Å². The van der Waals surface area contributed by atoms with E-state index in [0.29, 0.717) is 23.8 Å². The fourth-order valence-electron chi connectivity index (χ4n) is 2.75. The Bertz CT molecular complexity index is 734. The number of amides is 1. The maximum atomic E-state index is 12.2. The minimum absolute atomic E-state index is 0.00895. The van der Waals surface area contributed by atoms with E-state index in [1.807, 2.05) is 30.7 Å². The van der Waals surface area contributed by atoms with E-state index in [1.54, 1.807) is 6.07 Å². The summed E-state index contributed by atoms with van der Waals surface area (Å²) in [6.45, 7) is 11.3. The zero-order valence-corrected chi connectivity index (χ0v) is 15.9. The van der Waals surface area contributed by atoms with Crippen LogP contribution in [0.2, 0.25) is 5.02 Å². The zero-order valence-electron chi connectivity index (χ0n) is 15.1. The van der Waals surface area contributed by atoms with Crippen LogP contribution in [0.1, 0.15) is 42.8 Å². The van der Waals surface area contributed by atoms with E-state index in [1.165, 1.54) is 5.56 Å². The summed E-state index contributed by atoms with van der Waals surface area (Å²) in [7, 11) is 0. The highest BCUT2D eigenvalue weighted by Gasteiger charge is 2.14. The highest BCUT2D eigenvalue weighted by atomic mass is 35.5. The minimum atomic E-state index is -0.00895. The van der Waals surface area contributed by atoms with E-state index in [9.17, 15) is 4.79 Å². The molecule has 130 valence electrons. The van der Waals surface area contributed by atoms with Crippen LogP contribution in [-0.4, -0.2) is 15.7 Å². The van der Waals surface area contributed by atoms with Gasteiger partial charge in [-0.05, 0) is 56.4 Å². The molecule has 0 atom stereocenters. The molecule has 1 N–H and O–H groups in total. The molecule has 1 amide bonds. The third kappa shape index (κ3) is 4.60. The molecule has 1 heterocycles. The Morgan fingerprint density at radius 1 is 1.29 bits per heavy atom. The Morgan fingerprint density at radius 3 is 2.62 bits per heavy atom. The van der Waals surface area contributed by atoms with Crippen molar-refractivity contribution in [3.63, 3.8) is 0 Å². The number of aromatic nitrogens is 2. The third-order valence-electron chi connectivity index (χ3n) is 4.13.